The maximum atomic E-state index is 13.4. The smallest absolute Gasteiger partial charge is 0.417 e. The van der Waals surface area contributed by atoms with Gasteiger partial charge < -0.3 is 9.53 Å². The van der Waals surface area contributed by atoms with Gasteiger partial charge in [-0.1, -0.05) is 36.4 Å². The third kappa shape index (κ3) is 4.88. The van der Waals surface area contributed by atoms with Crippen LogP contribution in [0.2, 0.25) is 0 Å². The number of imide groups is 1. The molecule has 1 saturated heterocycles. The van der Waals surface area contributed by atoms with Gasteiger partial charge in [0.25, 0.3) is 0 Å². The molecule has 1 aliphatic heterocycles. The second kappa shape index (κ2) is 8.15. The number of ether oxygens (including phenoxy) is 1. The van der Waals surface area contributed by atoms with E-state index in [-0.39, 0.29) is 12.2 Å². The summed E-state index contributed by atoms with van der Waals surface area (Å²) in [5, 5.41) is 0. The summed E-state index contributed by atoms with van der Waals surface area (Å²) in [4.78, 5) is 37.4. The fourth-order valence-electron chi connectivity index (χ4n) is 3.47. The molecule has 2 amide bonds. The SMILES string of the molecule is CC(C)(C)OC(=O)N1C(=O)C(C=O)CC1Cc1ccc(-c2cccc(F)c2)cc1. The molecular weight excluding hydrogens is 373 g/mol. The van der Waals surface area contributed by atoms with E-state index in [0.717, 1.165) is 21.6 Å². The Morgan fingerprint density at radius 2 is 1.86 bits per heavy atom. The van der Waals surface area contributed by atoms with E-state index in [4.69, 9.17) is 4.74 Å². The van der Waals surface area contributed by atoms with Gasteiger partial charge in [-0.2, -0.15) is 0 Å². The molecule has 2 aromatic carbocycles. The zero-order valence-electron chi connectivity index (χ0n) is 16.7. The third-order valence-corrected chi connectivity index (χ3v) is 4.78. The maximum absolute atomic E-state index is 13.4. The Balaban J connectivity index is 1.78. The number of rotatable bonds is 4. The van der Waals surface area contributed by atoms with Crippen LogP contribution in [0.15, 0.2) is 48.5 Å². The molecule has 2 aromatic rings. The molecule has 0 bridgehead atoms. The van der Waals surface area contributed by atoms with E-state index < -0.39 is 29.6 Å². The molecule has 1 aliphatic rings. The number of aldehydes is 1. The van der Waals surface area contributed by atoms with Gasteiger partial charge in [-0.05, 0) is 62.4 Å². The normalized spacial score (nSPS) is 19.3. The lowest BCUT2D eigenvalue weighted by molar-refractivity contribution is -0.133. The summed E-state index contributed by atoms with van der Waals surface area (Å²) >= 11 is 0. The standard InChI is InChI=1S/C23H24FNO4/c1-23(2,3)29-22(28)25-20(13-18(14-26)21(25)27)11-15-7-9-16(10-8-15)17-5-4-6-19(24)12-17/h4-10,12,14,18,20H,11,13H2,1-3H3. The van der Waals surface area contributed by atoms with Crippen LogP contribution >= 0.6 is 0 Å². The molecule has 2 atom stereocenters. The molecule has 0 saturated carbocycles. The quantitative estimate of drug-likeness (QED) is 0.567. The largest absolute Gasteiger partial charge is 0.443 e. The van der Waals surface area contributed by atoms with Crippen molar-refractivity contribution in [3.8, 4) is 11.1 Å². The van der Waals surface area contributed by atoms with Gasteiger partial charge in [0.05, 0.1) is 5.92 Å². The number of likely N-dealkylation sites (tertiary alicyclic amines) is 1. The first-order chi connectivity index (χ1) is 13.7. The minimum Gasteiger partial charge on any atom is -0.443 e. The highest BCUT2D eigenvalue weighted by molar-refractivity contribution is 6.02. The molecule has 2 unspecified atom stereocenters. The number of benzene rings is 2. The fourth-order valence-corrected chi connectivity index (χ4v) is 3.47. The molecule has 0 aliphatic carbocycles. The predicted molar refractivity (Wildman–Crippen MR) is 107 cm³/mol. The van der Waals surface area contributed by atoms with Gasteiger partial charge in [0.2, 0.25) is 5.91 Å². The van der Waals surface area contributed by atoms with Gasteiger partial charge >= 0.3 is 6.09 Å². The molecule has 1 heterocycles. The average molecular weight is 397 g/mol. The first kappa shape index (κ1) is 20.7. The molecule has 6 heteroatoms. The average Bonchev–Trinajstić information content (AvgIpc) is 2.96. The van der Waals surface area contributed by atoms with Gasteiger partial charge in [0, 0.05) is 6.04 Å². The van der Waals surface area contributed by atoms with Crippen LogP contribution in [0.4, 0.5) is 9.18 Å². The topological polar surface area (TPSA) is 63.7 Å². The Morgan fingerprint density at radius 1 is 1.17 bits per heavy atom. The molecule has 1 fully saturated rings. The Kier molecular flexibility index (Phi) is 5.82. The molecule has 29 heavy (non-hydrogen) atoms. The van der Waals surface area contributed by atoms with Crippen molar-refractivity contribution in [2.75, 3.05) is 0 Å². The molecule has 0 aromatic heterocycles. The summed E-state index contributed by atoms with van der Waals surface area (Å²) < 4.78 is 18.8. The van der Waals surface area contributed by atoms with Gasteiger partial charge in [0.1, 0.15) is 17.7 Å². The second-order valence-electron chi connectivity index (χ2n) is 8.23. The Bertz CT molecular complexity index is 917. The lowest BCUT2D eigenvalue weighted by Crippen LogP contribution is -2.43. The molecule has 152 valence electrons. The lowest BCUT2D eigenvalue weighted by Gasteiger charge is -2.27. The molecule has 0 N–H and O–H groups in total. The Morgan fingerprint density at radius 3 is 2.45 bits per heavy atom. The van der Waals surface area contributed by atoms with Crippen molar-refractivity contribution in [2.24, 2.45) is 5.92 Å². The first-order valence-electron chi connectivity index (χ1n) is 9.54. The van der Waals surface area contributed by atoms with Crippen LogP contribution in [0, 0.1) is 11.7 Å². The summed E-state index contributed by atoms with van der Waals surface area (Å²) in [5.74, 6) is -1.65. The number of nitrogens with zero attached hydrogens (tertiary/aromatic N) is 1. The van der Waals surface area contributed by atoms with Crippen LogP contribution in [0.1, 0.15) is 32.8 Å². The van der Waals surface area contributed by atoms with Crippen molar-refractivity contribution in [1.82, 2.24) is 4.90 Å². The van der Waals surface area contributed by atoms with E-state index in [1.54, 1.807) is 26.8 Å². The van der Waals surface area contributed by atoms with E-state index in [9.17, 15) is 18.8 Å². The van der Waals surface area contributed by atoms with E-state index in [0.29, 0.717) is 12.7 Å². The van der Waals surface area contributed by atoms with Crippen LogP contribution in [0.3, 0.4) is 0 Å². The van der Waals surface area contributed by atoms with Gasteiger partial charge in [-0.3, -0.25) is 4.79 Å². The first-order valence-corrected chi connectivity index (χ1v) is 9.54. The molecule has 3 rings (SSSR count). The molecule has 0 spiro atoms. The Labute approximate surface area is 169 Å². The van der Waals surface area contributed by atoms with Crippen LogP contribution in [-0.2, 0) is 20.7 Å². The van der Waals surface area contributed by atoms with Crippen LogP contribution in [0.25, 0.3) is 11.1 Å². The highest BCUT2D eigenvalue weighted by Gasteiger charge is 2.44. The molecular formula is C23H24FNO4. The summed E-state index contributed by atoms with van der Waals surface area (Å²) in [6.07, 6.45) is 0.548. The zero-order chi connectivity index (χ0) is 21.2. The molecule has 5 nitrogen and oxygen atoms in total. The van der Waals surface area contributed by atoms with Gasteiger partial charge in [-0.25, -0.2) is 14.1 Å². The minimum absolute atomic E-state index is 0.271. The van der Waals surface area contributed by atoms with Crippen molar-refractivity contribution in [1.29, 1.82) is 0 Å². The van der Waals surface area contributed by atoms with Gasteiger partial charge in [0.15, 0.2) is 0 Å². The lowest BCUT2D eigenvalue weighted by atomic mass is 9.98. The molecule has 0 radical (unpaired) electrons. The van der Waals surface area contributed by atoms with Crippen LogP contribution < -0.4 is 0 Å². The van der Waals surface area contributed by atoms with Crippen molar-refractivity contribution < 1.29 is 23.5 Å². The van der Waals surface area contributed by atoms with Crippen molar-refractivity contribution in [3.63, 3.8) is 0 Å². The van der Waals surface area contributed by atoms with E-state index in [1.807, 2.05) is 30.3 Å². The monoisotopic (exact) mass is 397 g/mol. The number of hydrogen-bond donors (Lipinski definition) is 0. The number of halogens is 1. The van der Waals surface area contributed by atoms with Crippen molar-refractivity contribution in [3.05, 3.63) is 59.9 Å². The zero-order valence-corrected chi connectivity index (χ0v) is 16.7. The summed E-state index contributed by atoms with van der Waals surface area (Å²) in [7, 11) is 0. The van der Waals surface area contributed by atoms with E-state index >= 15 is 0 Å². The summed E-state index contributed by atoms with van der Waals surface area (Å²) in [5.41, 5.74) is 1.80. The van der Waals surface area contributed by atoms with E-state index in [1.165, 1.54) is 12.1 Å². The number of carbonyl (C=O) groups excluding carboxylic acids is 3. The maximum Gasteiger partial charge on any atom is 0.417 e. The fraction of sp³-hybridized carbons (Fsp3) is 0.348. The van der Waals surface area contributed by atoms with Crippen molar-refractivity contribution >= 4 is 18.3 Å². The minimum atomic E-state index is -0.834. The second-order valence-corrected chi connectivity index (χ2v) is 8.23. The summed E-state index contributed by atoms with van der Waals surface area (Å²) in [6.45, 7) is 5.18. The van der Waals surface area contributed by atoms with Crippen LogP contribution in [0.5, 0.6) is 0 Å². The summed E-state index contributed by atoms with van der Waals surface area (Å²) in [6, 6.07) is 13.4. The number of hydrogen-bond acceptors (Lipinski definition) is 4. The predicted octanol–water partition coefficient (Wildman–Crippen LogP) is 4.39. The Hall–Kier alpha value is -3.02. The van der Waals surface area contributed by atoms with Gasteiger partial charge in [-0.15, -0.1) is 0 Å². The highest BCUT2D eigenvalue weighted by Crippen LogP contribution is 2.29. The number of amides is 2. The third-order valence-electron chi connectivity index (χ3n) is 4.78. The van der Waals surface area contributed by atoms with E-state index in [2.05, 4.69) is 0 Å². The van der Waals surface area contributed by atoms with Crippen molar-refractivity contribution in [2.45, 2.75) is 45.3 Å². The van der Waals surface area contributed by atoms with Crippen LogP contribution in [-0.4, -0.2) is 34.8 Å². The number of carbonyl (C=O) groups is 3. The highest BCUT2D eigenvalue weighted by atomic mass is 19.1.